The fourth-order valence-corrected chi connectivity index (χ4v) is 2.22. The highest BCUT2D eigenvalue weighted by molar-refractivity contribution is 9.10. The van der Waals surface area contributed by atoms with Gasteiger partial charge in [-0.2, -0.15) is 0 Å². The number of aryl methyl sites for hydroxylation is 2. The van der Waals surface area contributed by atoms with Gasteiger partial charge in [0, 0.05) is 4.47 Å². The maximum absolute atomic E-state index is 12.1. The van der Waals surface area contributed by atoms with E-state index in [9.17, 15) is 4.79 Å². The lowest BCUT2D eigenvalue weighted by Gasteiger charge is -1.97. The Morgan fingerprint density at radius 1 is 1.28 bits per heavy atom. The van der Waals surface area contributed by atoms with E-state index >= 15 is 0 Å². The second-order valence-electron chi connectivity index (χ2n) is 4.07. The lowest BCUT2D eigenvalue weighted by atomic mass is 10.1. The summed E-state index contributed by atoms with van der Waals surface area (Å²) in [6.45, 7) is 3.67. The summed E-state index contributed by atoms with van der Waals surface area (Å²) in [4.78, 5) is 12.1. The molecular weight excluding hydrogens is 292 g/mol. The van der Waals surface area contributed by atoms with Crippen molar-refractivity contribution in [1.82, 2.24) is 0 Å². The van der Waals surface area contributed by atoms with Crippen LogP contribution in [0, 0.1) is 13.8 Å². The van der Waals surface area contributed by atoms with Crippen LogP contribution in [-0.4, -0.2) is 5.78 Å². The number of halogens is 1. The first kappa shape index (κ1) is 12.8. The molecule has 0 atom stereocenters. The van der Waals surface area contributed by atoms with E-state index < -0.39 is 0 Å². The van der Waals surface area contributed by atoms with Crippen molar-refractivity contribution in [3.63, 3.8) is 0 Å². The molecule has 1 aromatic heterocycles. The van der Waals surface area contributed by atoms with Crippen molar-refractivity contribution >= 4 is 27.8 Å². The molecule has 1 aromatic carbocycles. The number of ketones is 1. The molecule has 0 fully saturated rings. The van der Waals surface area contributed by atoms with Crippen LogP contribution in [0.25, 0.3) is 6.08 Å². The van der Waals surface area contributed by atoms with Crippen molar-refractivity contribution in [3.8, 4) is 0 Å². The molecule has 0 spiro atoms. The highest BCUT2D eigenvalue weighted by atomic mass is 79.9. The molecule has 0 aliphatic carbocycles. The minimum Gasteiger partial charge on any atom is -0.469 e. The number of carbonyl (C=O) groups is 1. The fourth-order valence-electron chi connectivity index (χ4n) is 1.80. The average Bonchev–Trinajstić information content (AvgIpc) is 2.68. The van der Waals surface area contributed by atoms with Gasteiger partial charge in [0.1, 0.15) is 5.76 Å². The zero-order chi connectivity index (χ0) is 13.1. The Morgan fingerprint density at radius 2 is 2.00 bits per heavy atom. The number of allylic oxidation sites excluding steroid dienone is 1. The van der Waals surface area contributed by atoms with E-state index in [1.54, 1.807) is 25.3 Å². The average molecular weight is 305 g/mol. The third-order valence-electron chi connectivity index (χ3n) is 2.72. The highest BCUT2D eigenvalue weighted by Gasteiger charge is 2.12. The summed E-state index contributed by atoms with van der Waals surface area (Å²) in [5.41, 5.74) is 2.50. The number of carbonyl (C=O) groups excluding carboxylic acids is 1. The van der Waals surface area contributed by atoms with Gasteiger partial charge in [-0.3, -0.25) is 4.79 Å². The van der Waals surface area contributed by atoms with Crippen molar-refractivity contribution in [2.75, 3.05) is 0 Å². The lowest BCUT2D eigenvalue weighted by molar-refractivity contribution is 0.104. The molecule has 0 N–H and O–H groups in total. The van der Waals surface area contributed by atoms with E-state index in [0.29, 0.717) is 11.3 Å². The predicted molar refractivity (Wildman–Crippen MR) is 75.7 cm³/mol. The summed E-state index contributed by atoms with van der Waals surface area (Å²) < 4.78 is 6.20. The fraction of sp³-hybridized carbons (Fsp3) is 0.133. The van der Waals surface area contributed by atoms with Crippen LogP contribution in [0.3, 0.4) is 0 Å². The van der Waals surface area contributed by atoms with E-state index in [4.69, 9.17) is 4.42 Å². The minimum atomic E-state index is -0.0329. The van der Waals surface area contributed by atoms with Crippen LogP contribution in [0.5, 0.6) is 0 Å². The smallest absolute Gasteiger partial charge is 0.189 e. The predicted octanol–water partition coefficient (Wildman–Crippen LogP) is 4.56. The van der Waals surface area contributed by atoms with E-state index in [2.05, 4.69) is 15.9 Å². The van der Waals surface area contributed by atoms with Crippen LogP contribution in [-0.2, 0) is 0 Å². The summed E-state index contributed by atoms with van der Waals surface area (Å²) in [5, 5.41) is 0. The van der Waals surface area contributed by atoms with Crippen molar-refractivity contribution in [2.45, 2.75) is 13.8 Å². The second kappa shape index (κ2) is 5.36. The summed E-state index contributed by atoms with van der Waals surface area (Å²) in [6, 6.07) is 7.76. The topological polar surface area (TPSA) is 30.2 Å². The molecule has 0 amide bonds. The Kier molecular flexibility index (Phi) is 3.82. The van der Waals surface area contributed by atoms with Crippen LogP contribution < -0.4 is 0 Å². The van der Waals surface area contributed by atoms with Gasteiger partial charge in [-0.15, -0.1) is 0 Å². The quantitative estimate of drug-likeness (QED) is 0.615. The first-order valence-corrected chi connectivity index (χ1v) is 6.40. The number of hydrogen-bond acceptors (Lipinski definition) is 2. The van der Waals surface area contributed by atoms with Gasteiger partial charge in [0.15, 0.2) is 5.78 Å². The zero-order valence-electron chi connectivity index (χ0n) is 10.2. The van der Waals surface area contributed by atoms with Crippen molar-refractivity contribution in [3.05, 3.63) is 63.5 Å². The number of hydrogen-bond donors (Lipinski definition) is 0. The molecule has 92 valence electrons. The van der Waals surface area contributed by atoms with E-state index in [1.807, 2.05) is 31.2 Å². The Labute approximate surface area is 114 Å². The van der Waals surface area contributed by atoms with Crippen LogP contribution in [0.2, 0.25) is 0 Å². The van der Waals surface area contributed by atoms with Gasteiger partial charge in [0.2, 0.25) is 0 Å². The molecule has 0 aliphatic rings. The van der Waals surface area contributed by atoms with Gasteiger partial charge in [-0.1, -0.05) is 34.1 Å². The first-order chi connectivity index (χ1) is 8.59. The van der Waals surface area contributed by atoms with Crippen molar-refractivity contribution in [2.24, 2.45) is 0 Å². The maximum atomic E-state index is 12.1. The normalized spacial score (nSPS) is 11.1. The molecule has 2 nitrogen and oxygen atoms in total. The molecule has 0 radical (unpaired) electrons. The van der Waals surface area contributed by atoms with E-state index in [-0.39, 0.29) is 5.78 Å². The summed E-state index contributed by atoms with van der Waals surface area (Å²) >= 11 is 3.44. The van der Waals surface area contributed by atoms with Crippen LogP contribution >= 0.6 is 15.9 Å². The lowest BCUT2D eigenvalue weighted by Crippen LogP contribution is -1.96. The molecule has 2 aromatic rings. The Hall–Kier alpha value is -1.61. The van der Waals surface area contributed by atoms with Crippen molar-refractivity contribution in [1.29, 1.82) is 0 Å². The SMILES string of the molecule is Cc1coc(C)c1C(=O)/C=C/c1ccccc1Br. The largest absolute Gasteiger partial charge is 0.469 e. The monoisotopic (exact) mass is 304 g/mol. The zero-order valence-corrected chi connectivity index (χ0v) is 11.8. The molecule has 0 saturated carbocycles. The van der Waals surface area contributed by atoms with Gasteiger partial charge in [-0.05, 0) is 43.2 Å². The molecule has 1 heterocycles. The van der Waals surface area contributed by atoms with Crippen molar-refractivity contribution < 1.29 is 9.21 Å². The third-order valence-corrected chi connectivity index (χ3v) is 3.45. The third kappa shape index (κ3) is 2.62. The Bertz CT molecular complexity index is 589. The van der Waals surface area contributed by atoms with Gasteiger partial charge < -0.3 is 4.42 Å². The molecule has 0 aliphatic heterocycles. The standard InChI is InChI=1S/C15H13BrO2/c1-10-9-18-11(2)15(10)14(17)8-7-12-5-3-4-6-13(12)16/h3-9H,1-2H3/b8-7+. The Balaban J connectivity index is 2.25. The second-order valence-corrected chi connectivity index (χ2v) is 4.92. The summed E-state index contributed by atoms with van der Waals surface area (Å²) in [7, 11) is 0. The van der Waals surface area contributed by atoms with Crippen LogP contribution in [0.15, 0.2) is 45.5 Å². The molecule has 18 heavy (non-hydrogen) atoms. The highest BCUT2D eigenvalue weighted by Crippen LogP contribution is 2.20. The van der Waals surface area contributed by atoms with Crippen LogP contribution in [0.1, 0.15) is 27.2 Å². The van der Waals surface area contributed by atoms with E-state index in [1.165, 1.54) is 0 Å². The first-order valence-electron chi connectivity index (χ1n) is 5.61. The molecule has 0 saturated heterocycles. The number of benzene rings is 1. The molecule has 2 rings (SSSR count). The van der Waals surface area contributed by atoms with Gasteiger partial charge in [0.25, 0.3) is 0 Å². The van der Waals surface area contributed by atoms with Crippen LogP contribution in [0.4, 0.5) is 0 Å². The Morgan fingerprint density at radius 3 is 2.61 bits per heavy atom. The van der Waals surface area contributed by atoms with Gasteiger partial charge in [0.05, 0.1) is 11.8 Å². The molecule has 0 bridgehead atoms. The summed E-state index contributed by atoms with van der Waals surface area (Å²) in [6.07, 6.45) is 4.98. The van der Waals surface area contributed by atoms with Gasteiger partial charge >= 0.3 is 0 Å². The van der Waals surface area contributed by atoms with E-state index in [0.717, 1.165) is 15.6 Å². The molecule has 3 heteroatoms. The van der Waals surface area contributed by atoms with Gasteiger partial charge in [-0.25, -0.2) is 0 Å². The molecule has 0 unspecified atom stereocenters. The summed E-state index contributed by atoms with van der Waals surface area (Å²) in [5.74, 6) is 0.629. The minimum absolute atomic E-state index is 0.0329. The number of rotatable bonds is 3. The molecular formula is C15H13BrO2. The number of furan rings is 1. The maximum Gasteiger partial charge on any atom is 0.189 e.